The molecule has 0 saturated carbocycles. The third-order valence-electron chi connectivity index (χ3n) is 1.29. The zero-order valence-corrected chi connectivity index (χ0v) is 5.95. The van der Waals surface area contributed by atoms with Crippen LogP contribution in [0.2, 0.25) is 0 Å². The molecule has 3 nitrogen and oxygen atoms in total. The number of aromatic nitrogens is 2. The molecule has 0 bridgehead atoms. The average Bonchev–Trinajstić information content (AvgIpc) is 2.31. The van der Waals surface area contributed by atoms with Crippen LogP contribution in [0.25, 0.3) is 0 Å². The molecule has 0 amide bonds. The molecule has 0 aromatic carbocycles. The van der Waals surface area contributed by atoms with Crippen molar-refractivity contribution in [3.63, 3.8) is 0 Å². The molecule has 0 unspecified atom stereocenters. The highest BCUT2D eigenvalue weighted by Gasteiger charge is 1.93. The summed E-state index contributed by atoms with van der Waals surface area (Å²) in [6.07, 6.45) is 4.11. The second-order valence-electron chi connectivity index (χ2n) is 2.19. The van der Waals surface area contributed by atoms with Crippen molar-refractivity contribution in [3.8, 4) is 0 Å². The Bertz CT molecular complexity index is 217. The van der Waals surface area contributed by atoms with Gasteiger partial charge in [-0.05, 0) is 12.5 Å². The van der Waals surface area contributed by atoms with Crippen molar-refractivity contribution in [2.45, 2.75) is 12.8 Å². The van der Waals surface area contributed by atoms with Crippen molar-refractivity contribution >= 4 is 6.29 Å². The minimum atomic E-state index is 0.566. The van der Waals surface area contributed by atoms with Gasteiger partial charge in [0.25, 0.3) is 0 Å². The Morgan fingerprint density at radius 2 is 2.60 bits per heavy atom. The van der Waals surface area contributed by atoms with Gasteiger partial charge in [-0.3, -0.25) is 4.68 Å². The first kappa shape index (κ1) is 6.99. The van der Waals surface area contributed by atoms with Gasteiger partial charge in [-0.15, -0.1) is 0 Å². The Balaban J connectivity index is 2.49. The summed E-state index contributed by atoms with van der Waals surface area (Å²) >= 11 is 0. The SMILES string of the molecule is Cn1ccc(CCC=O)n1. The first-order valence-corrected chi connectivity index (χ1v) is 3.25. The van der Waals surface area contributed by atoms with E-state index in [1.165, 1.54) is 0 Å². The van der Waals surface area contributed by atoms with E-state index in [0.29, 0.717) is 6.42 Å². The lowest BCUT2D eigenvalue weighted by molar-refractivity contribution is -0.107. The maximum atomic E-state index is 9.95. The Labute approximate surface area is 59.7 Å². The second-order valence-corrected chi connectivity index (χ2v) is 2.19. The summed E-state index contributed by atoms with van der Waals surface area (Å²) in [5.41, 5.74) is 0.981. The van der Waals surface area contributed by atoms with Gasteiger partial charge in [0.1, 0.15) is 6.29 Å². The summed E-state index contributed by atoms with van der Waals surface area (Å²) in [4.78, 5) is 9.95. The van der Waals surface area contributed by atoms with E-state index in [-0.39, 0.29) is 0 Å². The Hall–Kier alpha value is -1.12. The zero-order chi connectivity index (χ0) is 7.40. The summed E-state index contributed by atoms with van der Waals surface area (Å²) in [6, 6.07) is 1.92. The van der Waals surface area contributed by atoms with Crippen molar-refractivity contribution in [2.75, 3.05) is 0 Å². The first-order chi connectivity index (χ1) is 4.83. The predicted octanol–water partition coefficient (Wildman–Crippen LogP) is 0.552. The number of carbonyl (C=O) groups is 1. The molecule has 0 saturated heterocycles. The van der Waals surface area contributed by atoms with E-state index in [9.17, 15) is 4.79 Å². The molecule has 0 spiro atoms. The van der Waals surface area contributed by atoms with Gasteiger partial charge in [-0.1, -0.05) is 0 Å². The zero-order valence-electron chi connectivity index (χ0n) is 5.95. The number of hydrogen-bond acceptors (Lipinski definition) is 2. The molecule has 0 radical (unpaired) electrons. The van der Waals surface area contributed by atoms with Crippen LogP contribution in [0, 0.1) is 0 Å². The van der Waals surface area contributed by atoms with Crippen LogP contribution in [0.3, 0.4) is 0 Å². The first-order valence-electron chi connectivity index (χ1n) is 3.25. The predicted molar refractivity (Wildman–Crippen MR) is 37.6 cm³/mol. The molecule has 1 aromatic heterocycles. The minimum Gasteiger partial charge on any atom is -0.303 e. The number of nitrogens with zero attached hydrogens (tertiary/aromatic N) is 2. The molecule has 1 aromatic rings. The smallest absolute Gasteiger partial charge is 0.120 e. The quantitative estimate of drug-likeness (QED) is 0.572. The fourth-order valence-corrected chi connectivity index (χ4v) is 0.803. The van der Waals surface area contributed by atoms with E-state index >= 15 is 0 Å². The van der Waals surface area contributed by atoms with Gasteiger partial charge in [0.2, 0.25) is 0 Å². The highest BCUT2D eigenvalue weighted by molar-refractivity contribution is 5.49. The van der Waals surface area contributed by atoms with Crippen molar-refractivity contribution in [1.29, 1.82) is 0 Å². The molecule has 0 N–H and O–H groups in total. The van der Waals surface area contributed by atoms with E-state index in [1.54, 1.807) is 4.68 Å². The van der Waals surface area contributed by atoms with Crippen LogP contribution in [0.5, 0.6) is 0 Å². The van der Waals surface area contributed by atoms with Gasteiger partial charge in [-0.2, -0.15) is 5.10 Å². The van der Waals surface area contributed by atoms with Gasteiger partial charge >= 0.3 is 0 Å². The third kappa shape index (κ3) is 1.69. The molecule has 0 aliphatic carbocycles. The van der Waals surface area contributed by atoms with Crippen molar-refractivity contribution in [2.24, 2.45) is 7.05 Å². The van der Waals surface area contributed by atoms with Crippen LogP contribution in [-0.4, -0.2) is 16.1 Å². The Morgan fingerprint density at radius 3 is 3.10 bits per heavy atom. The molecule has 0 aliphatic rings. The van der Waals surface area contributed by atoms with Gasteiger partial charge in [0.15, 0.2) is 0 Å². The van der Waals surface area contributed by atoms with E-state index in [0.717, 1.165) is 18.4 Å². The van der Waals surface area contributed by atoms with Crippen LogP contribution in [0.15, 0.2) is 12.3 Å². The standard InChI is InChI=1S/C7H10N2O/c1-9-5-4-7(8-9)3-2-6-10/h4-6H,2-3H2,1H3. The lowest BCUT2D eigenvalue weighted by Gasteiger charge is -1.87. The van der Waals surface area contributed by atoms with Gasteiger partial charge in [0, 0.05) is 19.7 Å². The van der Waals surface area contributed by atoms with Crippen molar-refractivity contribution in [3.05, 3.63) is 18.0 Å². The van der Waals surface area contributed by atoms with Crippen LogP contribution >= 0.6 is 0 Å². The number of carbonyl (C=O) groups excluding carboxylic acids is 1. The maximum absolute atomic E-state index is 9.95. The normalized spacial score (nSPS) is 9.70. The largest absolute Gasteiger partial charge is 0.303 e. The minimum absolute atomic E-state index is 0.566. The summed E-state index contributed by atoms with van der Waals surface area (Å²) in [6.45, 7) is 0. The molecule has 10 heavy (non-hydrogen) atoms. The van der Waals surface area contributed by atoms with Crippen LogP contribution < -0.4 is 0 Å². The Kier molecular flexibility index (Phi) is 2.20. The molecule has 0 atom stereocenters. The lowest BCUT2D eigenvalue weighted by Crippen LogP contribution is -1.91. The summed E-state index contributed by atoms with van der Waals surface area (Å²) in [7, 11) is 1.87. The van der Waals surface area contributed by atoms with Gasteiger partial charge in [0.05, 0.1) is 5.69 Å². The van der Waals surface area contributed by atoms with E-state index < -0.39 is 0 Å². The summed E-state index contributed by atoms with van der Waals surface area (Å²) < 4.78 is 1.74. The molecule has 1 rings (SSSR count). The van der Waals surface area contributed by atoms with Crippen molar-refractivity contribution in [1.82, 2.24) is 9.78 Å². The average molecular weight is 138 g/mol. The monoisotopic (exact) mass is 138 g/mol. The fraction of sp³-hybridized carbons (Fsp3) is 0.429. The molecule has 0 fully saturated rings. The summed E-state index contributed by atoms with van der Waals surface area (Å²) in [5.74, 6) is 0. The number of rotatable bonds is 3. The van der Waals surface area contributed by atoms with Gasteiger partial charge < -0.3 is 4.79 Å². The van der Waals surface area contributed by atoms with Gasteiger partial charge in [-0.25, -0.2) is 0 Å². The Morgan fingerprint density at radius 1 is 1.80 bits per heavy atom. The molecule has 3 heteroatoms. The lowest BCUT2D eigenvalue weighted by atomic mass is 10.2. The molecule has 1 heterocycles. The number of aldehydes is 1. The second kappa shape index (κ2) is 3.15. The fourth-order valence-electron chi connectivity index (χ4n) is 0.803. The molecular weight excluding hydrogens is 128 g/mol. The highest BCUT2D eigenvalue weighted by Crippen LogP contribution is 1.96. The number of hydrogen-bond donors (Lipinski definition) is 0. The third-order valence-corrected chi connectivity index (χ3v) is 1.29. The number of aryl methyl sites for hydroxylation is 2. The van der Waals surface area contributed by atoms with E-state index in [4.69, 9.17) is 0 Å². The van der Waals surface area contributed by atoms with Crippen LogP contribution in [0.1, 0.15) is 12.1 Å². The van der Waals surface area contributed by atoms with Crippen LogP contribution in [0.4, 0.5) is 0 Å². The maximum Gasteiger partial charge on any atom is 0.120 e. The summed E-state index contributed by atoms with van der Waals surface area (Å²) in [5, 5.41) is 4.11. The van der Waals surface area contributed by atoms with Crippen molar-refractivity contribution < 1.29 is 4.79 Å². The molecule has 0 aliphatic heterocycles. The highest BCUT2D eigenvalue weighted by atomic mass is 16.1. The molecular formula is C7H10N2O. The van der Waals surface area contributed by atoms with E-state index in [1.807, 2.05) is 19.3 Å². The topological polar surface area (TPSA) is 34.9 Å². The molecule has 54 valence electrons. The van der Waals surface area contributed by atoms with Crippen LogP contribution in [-0.2, 0) is 18.3 Å². The van der Waals surface area contributed by atoms with E-state index in [2.05, 4.69) is 5.10 Å².